The van der Waals surface area contributed by atoms with Crippen LogP contribution in [0.15, 0.2) is 11.6 Å². The third-order valence-electron chi connectivity index (χ3n) is 8.83. The van der Waals surface area contributed by atoms with E-state index in [1.54, 1.807) is 0 Å². The van der Waals surface area contributed by atoms with E-state index >= 15 is 0 Å². The lowest BCUT2D eigenvalue weighted by atomic mass is 9.47. The van der Waals surface area contributed by atoms with Gasteiger partial charge in [0.1, 0.15) is 0 Å². The van der Waals surface area contributed by atoms with Gasteiger partial charge in [-0.05, 0) is 98.7 Å². The van der Waals surface area contributed by atoms with Crippen LogP contribution in [-0.2, 0) is 0 Å². The van der Waals surface area contributed by atoms with E-state index in [-0.39, 0.29) is 0 Å². The van der Waals surface area contributed by atoms with E-state index in [0.29, 0.717) is 10.8 Å². The Morgan fingerprint density at radius 3 is 2.83 bits per heavy atom. The van der Waals surface area contributed by atoms with Gasteiger partial charge in [0, 0.05) is 6.42 Å². The van der Waals surface area contributed by atoms with E-state index in [2.05, 4.69) is 26.0 Å². The van der Waals surface area contributed by atoms with Gasteiger partial charge >= 0.3 is 0 Å². The Morgan fingerprint density at radius 2 is 2.00 bits per heavy atom. The van der Waals surface area contributed by atoms with Crippen LogP contribution in [-0.4, -0.2) is 0 Å². The van der Waals surface area contributed by atoms with Gasteiger partial charge < -0.3 is 0 Å². The number of fused-ring (bicyclic) bond motifs is 5. The molecule has 0 radical (unpaired) electrons. The Labute approximate surface area is 142 Å². The maximum atomic E-state index is 9.00. The van der Waals surface area contributed by atoms with E-state index in [0.717, 1.165) is 36.5 Å². The molecule has 0 aromatic rings. The van der Waals surface area contributed by atoms with Crippen molar-refractivity contribution in [3.05, 3.63) is 11.6 Å². The molecule has 0 spiro atoms. The number of nitrogens with zero attached hydrogens (tertiary/aromatic N) is 1. The zero-order valence-corrected chi connectivity index (χ0v) is 15.1. The zero-order valence-electron chi connectivity index (χ0n) is 15.1. The monoisotopic (exact) mass is 311 g/mol. The van der Waals surface area contributed by atoms with E-state index in [1.807, 2.05) is 5.57 Å². The Kier molecular flexibility index (Phi) is 3.86. The highest BCUT2D eigenvalue weighted by Gasteiger charge is 2.58. The Bertz CT molecular complexity index is 541. The summed E-state index contributed by atoms with van der Waals surface area (Å²) in [5.41, 5.74) is 2.91. The van der Waals surface area contributed by atoms with Gasteiger partial charge in [0.2, 0.25) is 0 Å². The van der Waals surface area contributed by atoms with E-state index < -0.39 is 0 Å². The summed E-state index contributed by atoms with van der Waals surface area (Å²) in [7, 11) is 0. The minimum absolute atomic E-state index is 0.535. The molecule has 4 rings (SSSR count). The number of rotatable bonds is 2. The predicted molar refractivity (Wildman–Crippen MR) is 94.7 cm³/mol. The van der Waals surface area contributed by atoms with Gasteiger partial charge in [0.15, 0.2) is 0 Å². The molecule has 0 aromatic heterocycles. The summed E-state index contributed by atoms with van der Waals surface area (Å²) in [6.45, 7) is 5.21. The van der Waals surface area contributed by atoms with Crippen molar-refractivity contribution in [1.82, 2.24) is 0 Å². The minimum Gasteiger partial charge on any atom is -0.198 e. The topological polar surface area (TPSA) is 23.8 Å². The van der Waals surface area contributed by atoms with Gasteiger partial charge in [0.05, 0.1) is 6.07 Å². The molecule has 126 valence electrons. The van der Waals surface area contributed by atoms with Gasteiger partial charge in [0.25, 0.3) is 0 Å². The fourth-order valence-corrected chi connectivity index (χ4v) is 7.58. The molecule has 0 aliphatic heterocycles. The standard InChI is InChI=1S/C22H33N/c1-21-13-4-3-6-16(21)8-10-18-19-11-9-17(7-5-15-23)22(19,2)14-12-20(18)21/h6,17-20H,3-5,7-14H2,1-2H3/t17-,18-,19-,20-,21-,22+/m0/s1. The summed E-state index contributed by atoms with van der Waals surface area (Å²) in [5.74, 6) is 3.70. The fraction of sp³-hybridized carbons (Fsp3) is 0.864. The van der Waals surface area contributed by atoms with Crippen LogP contribution >= 0.6 is 0 Å². The Morgan fingerprint density at radius 1 is 1.13 bits per heavy atom. The molecule has 1 nitrogen and oxygen atoms in total. The van der Waals surface area contributed by atoms with Gasteiger partial charge in [-0.2, -0.15) is 5.26 Å². The van der Waals surface area contributed by atoms with Gasteiger partial charge in [-0.25, -0.2) is 0 Å². The largest absolute Gasteiger partial charge is 0.198 e. The highest BCUT2D eigenvalue weighted by molar-refractivity contribution is 5.23. The van der Waals surface area contributed by atoms with Crippen LogP contribution in [0.2, 0.25) is 0 Å². The molecule has 3 fully saturated rings. The number of hydrogen-bond donors (Lipinski definition) is 0. The normalized spacial score (nSPS) is 48.7. The van der Waals surface area contributed by atoms with Crippen molar-refractivity contribution in [3.8, 4) is 6.07 Å². The van der Waals surface area contributed by atoms with Gasteiger partial charge in [-0.1, -0.05) is 25.5 Å². The van der Waals surface area contributed by atoms with Gasteiger partial charge in [-0.3, -0.25) is 0 Å². The lowest BCUT2D eigenvalue weighted by molar-refractivity contribution is -0.0519. The van der Waals surface area contributed by atoms with E-state index in [9.17, 15) is 0 Å². The van der Waals surface area contributed by atoms with Gasteiger partial charge in [-0.15, -0.1) is 0 Å². The number of allylic oxidation sites excluding steroid dienone is 2. The third-order valence-corrected chi connectivity index (χ3v) is 8.83. The molecule has 0 aromatic carbocycles. The molecule has 0 heterocycles. The van der Waals surface area contributed by atoms with Crippen molar-refractivity contribution in [3.63, 3.8) is 0 Å². The molecule has 6 atom stereocenters. The maximum Gasteiger partial charge on any atom is 0.0621 e. The summed E-state index contributed by atoms with van der Waals surface area (Å²) in [4.78, 5) is 0. The Balaban J connectivity index is 1.59. The van der Waals surface area contributed by atoms with E-state index in [1.165, 1.54) is 57.8 Å². The third kappa shape index (κ3) is 2.24. The minimum atomic E-state index is 0.535. The van der Waals surface area contributed by atoms with Crippen LogP contribution in [0.5, 0.6) is 0 Å². The smallest absolute Gasteiger partial charge is 0.0621 e. The van der Waals surface area contributed by atoms with Crippen LogP contribution in [0.3, 0.4) is 0 Å². The average molecular weight is 312 g/mol. The average Bonchev–Trinajstić information content (AvgIpc) is 2.89. The van der Waals surface area contributed by atoms with Crippen LogP contribution in [0.25, 0.3) is 0 Å². The molecule has 4 aliphatic rings. The highest BCUT2D eigenvalue weighted by atomic mass is 14.6. The van der Waals surface area contributed by atoms with Crippen molar-refractivity contribution < 1.29 is 0 Å². The fourth-order valence-electron chi connectivity index (χ4n) is 7.58. The molecule has 0 bridgehead atoms. The molecule has 0 amide bonds. The molecular formula is C22H33N. The number of nitriles is 1. The predicted octanol–water partition coefficient (Wildman–Crippen LogP) is 6.26. The van der Waals surface area contributed by atoms with Crippen LogP contribution < -0.4 is 0 Å². The van der Waals surface area contributed by atoms with Crippen LogP contribution in [0, 0.1) is 45.8 Å². The first-order valence-corrected chi connectivity index (χ1v) is 10.2. The first-order valence-electron chi connectivity index (χ1n) is 10.2. The molecule has 0 unspecified atom stereocenters. The summed E-state index contributed by atoms with van der Waals surface area (Å²) in [6, 6.07) is 2.40. The zero-order chi connectivity index (χ0) is 16.1. The summed E-state index contributed by atoms with van der Waals surface area (Å²) in [6.07, 6.45) is 17.3. The highest BCUT2D eigenvalue weighted by Crippen LogP contribution is 2.67. The summed E-state index contributed by atoms with van der Waals surface area (Å²) in [5, 5.41) is 9.00. The molecule has 1 heteroatoms. The maximum absolute atomic E-state index is 9.00. The summed E-state index contributed by atoms with van der Waals surface area (Å²) < 4.78 is 0. The van der Waals surface area contributed by atoms with Crippen molar-refractivity contribution in [2.45, 2.75) is 84.5 Å². The first-order chi connectivity index (χ1) is 11.1. The lowest BCUT2D eigenvalue weighted by Gasteiger charge is -2.58. The first kappa shape index (κ1) is 15.7. The second-order valence-electron chi connectivity index (χ2n) is 9.47. The molecule has 0 N–H and O–H groups in total. The molecule has 3 saturated carbocycles. The van der Waals surface area contributed by atoms with Crippen LogP contribution in [0.4, 0.5) is 0 Å². The molecule has 0 saturated heterocycles. The summed E-state index contributed by atoms with van der Waals surface area (Å²) >= 11 is 0. The quantitative estimate of drug-likeness (QED) is 0.552. The van der Waals surface area contributed by atoms with E-state index in [4.69, 9.17) is 5.26 Å². The Hall–Kier alpha value is -0.770. The molecular weight excluding hydrogens is 278 g/mol. The molecule has 4 aliphatic carbocycles. The second kappa shape index (κ2) is 5.65. The SMILES string of the molecule is C[C@]12CC[C@H]3[C@@H](CCC4=CCCC[C@@]43C)[C@@H]1CC[C@@H]2CCC#N. The lowest BCUT2D eigenvalue weighted by Crippen LogP contribution is -2.50. The molecule has 23 heavy (non-hydrogen) atoms. The van der Waals surface area contributed by atoms with Crippen molar-refractivity contribution >= 4 is 0 Å². The van der Waals surface area contributed by atoms with Crippen LogP contribution in [0.1, 0.15) is 84.5 Å². The number of hydrogen-bond acceptors (Lipinski definition) is 1. The second-order valence-corrected chi connectivity index (χ2v) is 9.47. The van der Waals surface area contributed by atoms with Crippen molar-refractivity contribution in [2.24, 2.45) is 34.5 Å². The van der Waals surface area contributed by atoms with Crippen molar-refractivity contribution in [2.75, 3.05) is 0 Å². The van der Waals surface area contributed by atoms with Crippen molar-refractivity contribution in [1.29, 1.82) is 5.26 Å².